The maximum atomic E-state index is 13.4. The first-order valence-electron chi connectivity index (χ1n) is 5.50. The summed E-state index contributed by atoms with van der Waals surface area (Å²) in [6, 6.07) is 8.67. The molecule has 0 aliphatic rings. The SMILES string of the molecule is Cc1ccc(C(=O)Nc2c(F)cccc2F)c(I)c1. The van der Waals surface area contributed by atoms with E-state index >= 15 is 0 Å². The van der Waals surface area contributed by atoms with E-state index < -0.39 is 23.2 Å². The zero-order valence-corrected chi connectivity index (χ0v) is 12.2. The summed E-state index contributed by atoms with van der Waals surface area (Å²) in [5.74, 6) is -2.13. The van der Waals surface area contributed by atoms with Crippen LogP contribution in [0.15, 0.2) is 36.4 Å². The van der Waals surface area contributed by atoms with Crippen LogP contribution in [0.1, 0.15) is 15.9 Å². The normalized spacial score (nSPS) is 10.3. The number of benzene rings is 2. The maximum Gasteiger partial charge on any atom is 0.256 e. The second kappa shape index (κ2) is 5.64. The molecule has 2 aromatic carbocycles. The van der Waals surface area contributed by atoms with Crippen molar-refractivity contribution in [3.63, 3.8) is 0 Å². The summed E-state index contributed by atoms with van der Waals surface area (Å²) in [4.78, 5) is 12.0. The van der Waals surface area contributed by atoms with Gasteiger partial charge in [-0.15, -0.1) is 0 Å². The number of carbonyl (C=O) groups is 1. The molecule has 2 rings (SSSR count). The molecule has 19 heavy (non-hydrogen) atoms. The largest absolute Gasteiger partial charge is 0.317 e. The molecule has 0 atom stereocenters. The summed E-state index contributed by atoms with van der Waals surface area (Å²) in [5.41, 5.74) is 0.968. The number of amides is 1. The molecule has 0 radical (unpaired) electrons. The summed E-state index contributed by atoms with van der Waals surface area (Å²) in [7, 11) is 0. The molecule has 5 heteroatoms. The van der Waals surface area contributed by atoms with Gasteiger partial charge in [-0.2, -0.15) is 0 Å². The second-order valence-electron chi connectivity index (χ2n) is 4.03. The van der Waals surface area contributed by atoms with Gasteiger partial charge in [-0.25, -0.2) is 8.78 Å². The lowest BCUT2D eigenvalue weighted by atomic mass is 10.1. The van der Waals surface area contributed by atoms with Crippen LogP contribution in [-0.2, 0) is 0 Å². The monoisotopic (exact) mass is 373 g/mol. The zero-order valence-electron chi connectivity index (χ0n) is 10.0. The van der Waals surface area contributed by atoms with Gasteiger partial charge in [0.1, 0.15) is 17.3 Å². The van der Waals surface area contributed by atoms with E-state index in [-0.39, 0.29) is 0 Å². The van der Waals surface area contributed by atoms with Crippen molar-refractivity contribution in [3.8, 4) is 0 Å². The van der Waals surface area contributed by atoms with Crippen LogP contribution in [0, 0.1) is 22.1 Å². The Bertz CT molecular complexity index is 623. The molecule has 0 heterocycles. The van der Waals surface area contributed by atoms with E-state index in [2.05, 4.69) is 5.32 Å². The Hall–Kier alpha value is -1.50. The van der Waals surface area contributed by atoms with Crippen molar-refractivity contribution in [1.82, 2.24) is 0 Å². The Morgan fingerprint density at radius 2 is 1.79 bits per heavy atom. The van der Waals surface area contributed by atoms with E-state index in [4.69, 9.17) is 0 Å². The lowest BCUT2D eigenvalue weighted by Crippen LogP contribution is -2.15. The number of hydrogen-bond donors (Lipinski definition) is 1. The van der Waals surface area contributed by atoms with E-state index in [0.717, 1.165) is 21.3 Å². The van der Waals surface area contributed by atoms with Crippen LogP contribution >= 0.6 is 22.6 Å². The Kier molecular flexibility index (Phi) is 4.14. The van der Waals surface area contributed by atoms with Crippen molar-refractivity contribution in [2.75, 3.05) is 5.32 Å². The van der Waals surface area contributed by atoms with Gasteiger partial charge in [-0.3, -0.25) is 4.79 Å². The van der Waals surface area contributed by atoms with Gasteiger partial charge in [-0.1, -0.05) is 17.7 Å². The van der Waals surface area contributed by atoms with Gasteiger partial charge in [0.25, 0.3) is 5.91 Å². The van der Waals surface area contributed by atoms with Gasteiger partial charge in [0, 0.05) is 3.57 Å². The maximum absolute atomic E-state index is 13.4. The molecule has 0 aromatic heterocycles. The van der Waals surface area contributed by atoms with Crippen LogP contribution in [-0.4, -0.2) is 5.91 Å². The van der Waals surface area contributed by atoms with Gasteiger partial charge in [0.05, 0.1) is 5.56 Å². The Morgan fingerprint density at radius 1 is 1.16 bits per heavy atom. The number of halogens is 3. The fraction of sp³-hybridized carbons (Fsp3) is 0.0714. The average Bonchev–Trinajstić information content (AvgIpc) is 2.33. The summed E-state index contributed by atoms with van der Waals surface area (Å²) >= 11 is 2.01. The zero-order chi connectivity index (χ0) is 14.0. The Balaban J connectivity index is 2.31. The van der Waals surface area contributed by atoms with Crippen molar-refractivity contribution in [2.24, 2.45) is 0 Å². The van der Waals surface area contributed by atoms with Crippen molar-refractivity contribution in [2.45, 2.75) is 6.92 Å². The molecule has 0 spiro atoms. The van der Waals surface area contributed by atoms with E-state index in [0.29, 0.717) is 5.56 Å². The third-order valence-electron chi connectivity index (χ3n) is 2.57. The first kappa shape index (κ1) is 13.9. The van der Waals surface area contributed by atoms with Gasteiger partial charge >= 0.3 is 0 Å². The third kappa shape index (κ3) is 3.09. The van der Waals surface area contributed by atoms with Crippen molar-refractivity contribution in [3.05, 3.63) is 62.7 Å². The summed E-state index contributed by atoms with van der Waals surface area (Å²) in [6.07, 6.45) is 0. The van der Waals surface area contributed by atoms with Gasteiger partial charge in [0.15, 0.2) is 0 Å². The van der Waals surface area contributed by atoms with Crippen molar-refractivity contribution >= 4 is 34.2 Å². The van der Waals surface area contributed by atoms with E-state index in [9.17, 15) is 13.6 Å². The number of carbonyl (C=O) groups excluding carboxylic acids is 1. The molecule has 0 bridgehead atoms. The van der Waals surface area contributed by atoms with Crippen LogP contribution in [0.25, 0.3) is 0 Å². The van der Waals surface area contributed by atoms with Crippen LogP contribution in [0.2, 0.25) is 0 Å². The van der Waals surface area contributed by atoms with E-state index in [1.165, 1.54) is 6.07 Å². The van der Waals surface area contributed by atoms with E-state index in [1.54, 1.807) is 12.1 Å². The minimum absolute atomic E-state index is 0.383. The summed E-state index contributed by atoms with van der Waals surface area (Å²) in [6.45, 7) is 1.90. The molecule has 0 unspecified atom stereocenters. The molecule has 98 valence electrons. The smallest absolute Gasteiger partial charge is 0.256 e. The lowest BCUT2D eigenvalue weighted by molar-refractivity contribution is 0.102. The first-order chi connectivity index (χ1) is 8.99. The minimum Gasteiger partial charge on any atom is -0.317 e. The molecule has 1 N–H and O–H groups in total. The van der Waals surface area contributed by atoms with Gasteiger partial charge < -0.3 is 5.32 Å². The number of aryl methyl sites for hydroxylation is 1. The highest BCUT2D eigenvalue weighted by Crippen LogP contribution is 2.21. The van der Waals surface area contributed by atoms with Crippen molar-refractivity contribution in [1.29, 1.82) is 0 Å². The predicted molar refractivity (Wildman–Crippen MR) is 78.2 cm³/mol. The van der Waals surface area contributed by atoms with Crippen LogP contribution < -0.4 is 5.32 Å². The Labute approximate surface area is 123 Å². The lowest BCUT2D eigenvalue weighted by Gasteiger charge is -2.09. The molecule has 0 saturated carbocycles. The average molecular weight is 373 g/mol. The second-order valence-corrected chi connectivity index (χ2v) is 5.20. The minimum atomic E-state index is -0.796. The summed E-state index contributed by atoms with van der Waals surface area (Å²) < 4.78 is 27.6. The highest BCUT2D eigenvalue weighted by atomic mass is 127. The number of nitrogens with one attached hydrogen (secondary N) is 1. The number of anilines is 1. The van der Waals surface area contributed by atoms with Crippen LogP contribution in [0.3, 0.4) is 0 Å². The topological polar surface area (TPSA) is 29.1 Å². The van der Waals surface area contributed by atoms with Crippen LogP contribution in [0.5, 0.6) is 0 Å². The molecule has 0 saturated heterocycles. The highest BCUT2D eigenvalue weighted by Gasteiger charge is 2.15. The molecule has 0 aliphatic heterocycles. The molecule has 0 fully saturated rings. The van der Waals surface area contributed by atoms with Gasteiger partial charge in [0.2, 0.25) is 0 Å². The quantitative estimate of drug-likeness (QED) is 0.789. The van der Waals surface area contributed by atoms with Crippen LogP contribution in [0.4, 0.5) is 14.5 Å². The Morgan fingerprint density at radius 3 is 2.37 bits per heavy atom. The molecule has 1 amide bonds. The number of hydrogen-bond acceptors (Lipinski definition) is 1. The fourth-order valence-corrected chi connectivity index (χ4v) is 2.52. The standard InChI is InChI=1S/C14H10F2INO/c1-8-5-6-9(12(17)7-8)14(19)18-13-10(15)3-2-4-11(13)16/h2-7H,1H3,(H,18,19). The number of rotatable bonds is 2. The van der Waals surface area contributed by atoms with Gasteiger partial charge in [-0.05, 0) is 53.8 Å². The molecular weight excluding hydrogens is 363 g/mol. The van der Waals surface area contributed by atoms with Crippen molar-refractivity contribution < 1.29 is 13.6 Å². The molecular formula is C14H10F2INO. The fourth-order valence-electron chi connectivity index (χ4n) is 1.60. The molecule has 2 aromatic rings. The third-order valence-corrected chi connectivity index (χ3v) is 3.46. The highest BCUT2D eigenvalue weighted by molar-refractivity contribution is 14.1. The summed E-state index contributed by atoms with van der Waals surface area (Å²) in [5, 5.41) is 2.26. The number of para-hydroxylation sites is 1. The first-order valence-corrected chi connectivity index (χ1v) is 6.58. The molecule has 2 nitrogen and oxygen atoms in total. The molecule has 0 aliphatic carbocycles. The predicted octanol–water partition coefficient (Wildman–Crippen LogP) is 4.13. The van der Waals surface area contributed by atoms with E-state index in [1.807, 2.05) is 35.6 Å².